The van der Waals surface area contributed by atoms with E-state index in [1.165, 1.54) is 17.7 Å². The van der Waals surface area contributed by atoms with Gasteiger partial charge in [-0.2, -0.15) is 0 Å². The highest BCUT2D eigenvalue weighted by atomic mass is 16.5. The van der Waals surface area contributed by atoms with Gasteiger partial charge in [0.1, 0.15) is 0 Å². The normalized spacial score (nSPS) is 19.9. The van der Waals surface area contributed by atoms with Gasteiger partial charge in [0.05, 0.1) is 6.61 Å². The second kappa shape index (κ2) is 4.47. The van der Waals surface area contributed by atoms with E-state index in [9.17, 15) is 0 Å². The smallest absolute Gasteiger partial charge is 0.0536 e. The molecule has 0 saturated carbocycles. The lowest BCUT2D eigenvalue weighted by Gasteiger charge is -2.26. The van der Waals surface area contributed by atoms with Crippen LogP contribution in [-0.4, -0.2) is 19.8 Å². The van der Waals surface area contributed by atoms with Crippen LogP contribution in [0, 0.1) is 0 Å². The van der Waals surface area contributed by atoms with Gasteiger partial charge in [-0.1, -0.05) is 18.2 Å². The van der Waals surface area contributed by atoms with Crippen molar-refractivity contribution in [3.05, 3.63) is 29.8 Å². The van der Waals surface area contributed by atoms with Crippen molar-refractivity contribution in [1.29, 1.82) is 0 Å². The van der Waals surface area contributed by atoms with Crippen molar-refractivity contribution >= 4 is 5.69 Å². The summed E-state index contributed by atoms with van der Waals surface area (Å²) in [5.74, 6) is 0.576. The molecule has 1 heterocycles. The Morgan fingerprint density at radius 3 is 3.14 bits per heavy atom. The number of anilines is 1. The molecule has 2 heteroatoms. The summed E-state index contributed by atoms with van der Waals surface area (Å²) in [6.45, 7) is 4.78. The summed E-state index contributed by atoms with van der Waals surface area (Å²) >= 11 is 0. The van der Waals surface area contributed by atoms with Crippen LogP contribution in [0.25, 0.3) is 0 Å². The van der Waals surface area contributed by atoms with Crippen LogP contribution < -0.4 is 5.32 Å². The number of rotatable bonds is 3. The maximum absolute atomic E-state index is 5.50. The van der Waals surface area contributed by atoms with E-state index in [-0.39, 0.29) is 0 Å². The van der Waals surface area contributed by atoms with E-state index < -0.39 is 0 Å². The predicted molar refractivity (Wildman–Crippen MR) is 58.8 cm³/mol. The van der Waals surface area contributed by atoms with Gasteiger partial charge >= 0.3 is 0 Å². The van der Waals surface area contributed by atoms with Crippen molar-refractivity contribution < 1.29 is 4.74 Å². The molecule has 0 bridgehead atoms. The maximum Gasteiger partial charge on any atom is 0.0536 e. The van der Waals surface area contributed by atoms with Crippen molar-refractivity contribution in [2.75, 3.05) is 25.1 Å². The van der Waals surface area contributed by atoms with E-state index in [1.807, 2.05) is 6.92 Å². The van der Waals surface area contributed by atoms with E-state index >= 15 is 0 Å². The fourth-order valence-electron chi connectivity index (χ4n) is 1.98. The fourth-order valence-corrected chi connectivity index (χ4v) is 1.98. The SMILES string of the molecule is CCOCC1CCNc2ccccc21. The third-order valence-corrected chi connectivity index (χ3v) is 2.73. The Morgan fingerprint density at radius 2 is 2.29 bits per heavy atom. The maximum atomic E-state index is 5.50. The average molecular weight is 191 g/mol. The van der Waals surface area contributed by atoms with Gasteiger partial charge in [0.2, 0.25) is 0 Å². The molecule has 2 rings (SSSR count). The first kappa shape index (κ1) is 9.53. The molecule has 1 atom stereocenters. The standard InChI is InChI=1S/C12H17NO/c1-2-14-9-10-7-8-13-12-6-4-3-5-11(10)12/h3-6,10,13H,2,7-9H2,1H3. The highest BCUT2D eigenvalue weighted by molar-refractivity contribution is 5.54. The number of hydrogen-bond donors (Lipinski definition) is 1. The lowest BCUT2D eigenvalue weighted by Crippen LogP contribution is -2.20. The number of fused-ring (bicyclic) bond motifs is 1. The summed E-state index contributed by atoms with van der Waals surface area (Å²) < 4.78 is 5.50. The molecular formula is C12H17NO. The zero-order valence-corrected chi connectivity index (χ0v) is 8.62. The van der Waals surface area contributed by atoms with Gasteiger partial charge in [-0.3, -0.25) is 0 Å². The zero-order valence-electron chi connectivity index (χ0n) is 8.62. The summed E-state index contributed by atoms with van der Waals surface area (Å²) in [6.07, 6.45) is 1.18. The highest BCUT2D eigenvalue weighted by Crippen LogP contribution is 2.31. The van der Waals surface area contributed by atoms with E-state index in [1.54, 1.807) is 0 Å². The first-order valence-corrected chi connectivity index (χ1v) is 5.32. The first-order chi connectivity index (χ1) is 6.92. The molecule has 0 fully saturated rings. The lowest BCUT2D eigenvalue weighted by molar-refractivity contribution is 0.130. The summed E-state index contributed by atoms with van der Waals surface area (Å²) in [5.41, 5.74) is 2.69. The van der Waals surface area contributed by atoms with Crippen LogP contribution in [0.15, 0.2) is 24.3 Å². The van der Waals surface area contributed by atoms with Gasteiger partial charge in [-0.15, -0.1) is 0 Å². The lowest BCUT2D eigenvalue weighted by atomic mass is 9.92. The minimum atomic E-state index is 0.576. The largest absolute Gasteiger partial charge is 0.385 e. The Bertz CT molecular complexity index is 298. The number of hydrogen-bond acceptors (Lipinski definition) is 2. The van der Waals surface area contributed by atoms with E-state index in [4.69, 9.17) is 4.74 Å². The second-order valence-electron chi connectivity index (χ2n) is 3.66. The van der Waals surface area contributed by atoms with Gasteiger partial charge in [0.25, 0.3) is 0 Å². The molecule has 1 aliphatic heterocycles. The quantitative estimate of drug-likeness (QED) is 0.793. The Labute approximate surface area is 85.3 Å². The Hall–Kier alpha value is -1.02. The van der Waals surface area contributed by atoms with Crippen molar-refractivity contribution in [3.8, 4) is 0 Å². The Kier molecular flexibility index (Phi) is 3.04. The number of benzene rings is 1. The Balaban J connectivity index is 2.14. The third kappa shape index (κ3) is 1.90. The molecule has 0 aliphatic carbocycles. The molecule has 0 spiro atoms. The summed E-state index contributed by atoms with van der Waals surface area (Å²) in [7, 11) is 0. The molecule has 0 amide bonds. The molecule has 0 radical (unpaired) electrons. The molecular weight excluding hydrogens is 174 g/mol. The molecule has 1 aromatic carbocycles. The van der Waals surface area contributed by atoms with Crippen LogP contribution in [0.5, 0.6) is 0 Å². The summed E-state index contributed by atoms with van der Waals surface area (Å²) in [6, 6.07) is 8.53. The summed E-state index contributed by atoms with van der Waals surface area (Å²) in [4.78, 5) is 0. The van der Waals surface area contributed by atoms with Crippen LogP contribution in [-0.2, 0) is 4.74 Å². The minimum Gasteiger partial charge on any atom is -0.385 e. The highest BCUT2D eigenvalue weighted by Gasteiger charge is 2.18. The van der Waals surface area contributed by atoms with Crippen LogP contribution >= 0.6 is 0 Å². The molecule has 1 N–H and O–H groups in total. The summed E-state index contributed by atoms with van der Waals surface area (Å²) in [5, 5.41) is 3.41. The molecule has 0 saturated heterocycles. The van der Waals surface area contributed by atoms with Gasteiger partial charge in [-0.05, 0) is 25.0 Å². The molecule has 2 nitrogen and oxygen atoms in total. The third-order valence-electron chi connectivity index (χ3n) is 2.73. The molecule has 1 aromatic rings. The number of nitrogens with one attached hydrogen (secondary N) is 1. The average Bonchev–Trinajstić information content (AvgIpc) is 2.26. The first-order valence-electron chi connectivity index (χ1n) is 5.32. The fraction of sp³-hybridized carbons (Fsp3) is 0.500. The van der Waals surface area contributed by atoms with E-state index in [0.29, 0.717) is 5.92 Å². The van der Waals surface area contributed by atoms with Crippen LogP contribution in [0.1, 0.15) is 24.8 Å². The minimum absolute atomic E-state index is 0.576. The molecule has 0 aromatic heterocycles. The van der Waals surface area contributed by atoms with Crippen molar-refractivity contribution in [3.63, 3.8) is 0 Å². The monoisotopic (exact) mass is 191 g/mol. The van der Waals surface area contributed by atoms with Gasteiger partial charge < -0.3 is 10.1 Å². The molecule has 76 valence electrons. The van der Waals surface area contributed by atoms with E-state index in [0.717, 1.165) is 19.8 Å². The number of para-hydroxylation sites is 1. The van der Waals surface area contributed by atoms with E-state index in [2.05, 4.69) is 29.6 Å². The zero-order chi connectivity index (χ0) is 9.80. The van der Waals surface area contributed by atoms with Crippen molar-refractivity contribution in [1.82, 2.24) is 0 Å². The molecule has 1 unspecified atom stereocenters. The number of ether oxygens (including phenoxy) is 1. The van der Waals surface area contributed by atoms with Gasteiger partial charge in [0.15, 0.2) is 0 Å². The van der Waals surface area contributed by atoms with Gasteiger partial charge in [-0.25, -0.2) is 0 Å². The van der Waals surface area contributed by atoms with Crippen molar-refractivity contribution in [2.24, 2.45) is 0 Å². The Morgan fingerprint density at radius 1 is 1.43 bits per heavy atom. The van der Waals surface area contributed by atoms with Crippen molar-refractivity contribution in [2.45, 2.75) is 19.3 Å². The second-order valence-corrected chi connectivity index (χ2v) is 3.66. The predicted octanol–water partition coefficient (Wildman–Crippen LogP) is 2.62. The van der Waals surface area contributed by atoms with Crippen LogP contribution in [0.4, 0.5) is 5.69 Å². The van der Waals surface area contributed by atoms with Crippen LogP contribution in [0.2, 0.25) is 0 Å². The van der Waals surface area contributed by atoms with Crippen LogP contribution in [0.3, 0.4) is 0 Å². The molecule has 14 heavy (non-hydrogen) atoms. The molecule has 1 aliphatic rings. The van der Waals surface area contributed by atoms with Gasteiger partial charge in [0, 0.05) is 24.8 Å². The topological polar surface area (TPSA) is 21.3 Å².